The third-order valence-electron chi connectivity index (χ3n) is 2.47. The molecule has 0 spiro atoms. The monoisotopic (exact) mass is 311 g/mol. The number of nitrogens with two attached hydrogens (primary N) is 1. The molecule has 90 valence electrons. The van der Waals surface area contributed by atoms with Crippen molar-refractivity contribution in [2.75, 3.05) is 6.54 Å². The Hall–Kier alpha value is -0.680. The van der Waals surface area contributed by atoms with Crippen LogP contribution in [0, 0.1) is 0 Å². The Morgan fingerprint density at radius 1 is 1.24 bits per heavy atom. The minimum atomic E-state index is -0.0623. The average molecular weight is 312 g/mol. The van der Waals surface area contributed by atoms with Crippen LogP contribution in [-0.4, -0.2) is 6.54 Å². The molecule has 1 atom stereocenters. The Morgan fingerprint density at radius 3 is 2.71 bits per heavy atom. The molecule has 0 aliphatic carbocycles. The van der Waals surface area contributed by atoms with Gasteiger partial charge < -0.3 is 10.5 Å². The molecule has 0 radical (unpaired) electrons. The van der Waals surface area contributed by atoms with Crippen LogP contribution < -0.4 is 5.73 Å². The summed E-state index contributed by atoms with van der Waals surface area (Å²) in [5.74, 6) is 0. The molecule has 2 rings (SSSR count). The maximum atomic E-state index is 5.86. The van der Waals surface area contributed by atoms with Crippen LogP contribution in [0.2, 0.25) is 0 Å². The van der Waals surface area contributed by atoms with E-state index in [1.807, 2.05) is 30.3 Å². The summed E-state index contributed by atoms with van der Waals surface area (Å²) in [6, 6.07) is 12.1. The van der Waals surface area contributed by atoms with Crippen molar-refractivity contribution in [2.45, 2.75) is 12.7 Å². The number of hydrogen-bond acceptors (Lipinski definition) is 3. The summed E-state index contributed by atoms with van der Waals surface area (Å²) in [7, 11) is 0. The molecule has 4 heteroatoms. The van der Waals surface area contributed by atoms with Gasteiger partial charge in [0.25, 0.3) is 0 Å². The smallest absolute Gasteiger partial charge is 0.0962 e. The number of benzene rings is 1. The SMILES string of the molecule is NCC(OCc1cccs1)c1ccccc1Br. The van der Waals surface area contributed by atoms with Gasteiger partial charge in [0.2, 0.25) is 0 Å². The van der Waals surface area contributed by atoms with Gasteiger partial charge in [-0.3, -0.25) is 0 Å². The first-order chi connectivity index (χ1) is 8.31. The zero-order valence-corrected chi connectivity index (χ0v) is 11.7. The van der Waals surface area contributed by atoms with Crippen molar-refractivity contribution in [3.63, 3.8) is 0 Å². The van der Waals surface area contributed by atoms with Crippen LogP contribution in [0.3, 0.4) is 0 Å². The molecule has 1 aromatic carbocycles. The summed E-state index contributed by atoms with van der Waals surface area (Å²) in [6.07, 6.45) is -0.0623. The fourth-order valence-electron chi connectivity index (χ4n) is 1.60. The van der Waals surface area contributed by atoms with Gasteiger partial charge in [-0.25, -0.2) is 0 Å². The molecule has 0 aliphatic rings. The quantitative estimate of drug-likeness (QED) is 0.913. The van der Waals surface area contributed by atoms with Gasteiger partial charge in [0, 0.05) is 15.9 Å². The third kappa shape index (κ3) is 3.39. The first-order valence-corrected chi connectivity index (χ1v) is 7.07. The molecular formula is C13H14BrNOS. The lowest BCUT2D eigenvalue weighted by Crippen LogP contribution is -2.16. The zero-order chi connectivity index (χ0) is 12.1. The van der Waals surface area contributed by atoms with Crippen molar-refractivity contribution >= 4 is 27.3 Å². The predicted molar refractivity (Wildman–Crippen MR) is 75.0 cm³/mol. The van der Waals surface area contributed by atoms with Crippen molar-refractivity contribution in [2.24, 2.45) is 5.73 Å². The highest BCUT2D eigenvalue weighted by molar-refractivity contribution is 9.10. The predicted octanol–water partition coefficient (Wildman–Crippen LogP) is 3.73. The second-order valence-electron chi connectivity index (χ2n) is 3.64. The van der Waals surface area contributed by atoms with E-state index in [1.165, 1.54) is 4.88 Å². The fourth-order valence-corrected chi connectivity index (χ4v) is 2.76. The van der Waals surface area contributed by atoms with Gasteiger partial charge in [0.15, 0.2) is 0 Å². The number of thiophene rings is 1. The molecule has 0 bridgehead atoms. The van der Waals surface area contributed by atoms with Crippen LogP contribution in [0.5, 0.6) is 0 Å². The van der Waals surface area contributed by atoms with E-state index in [0.29, 0.717) is 13.2 Å². The standard InChI is InChI=1S/C13H14BrNOS/c14-12-6-2-1-5-11(12)13(8-15)16-9-10-4-3-7-17-10/h1-7,13H,8-9,15H2. The molecule has 2 nitrogen and oxygen atoms in total. The molecule has 0 aliphatic heterocycles. The van der Waals surface area contributed by atoms with Crippen molar-refractivity contribution in [1.29, 1.82) is 0 Å². The van der Waals surface area contributed by atoms with Gasteiger partial charge in [0.1, 0.15) is 0 Å². The molecule has 1 aromatic heterocycles. The minimum Gasteiger partial charge on any atom is -0.367 e. The van der Waals surface area contributed by atoms with E-state index in [0.717, 1.165) is 10.0 Å². The van der Waals surface area contributed by atoms with Gasteiger partial charge in [-0.15, -0.1) is 11.3 Å². The number of hydrogen-bond donors (Lipinski definition) is 1. The molecule has 2 aromatic rings. The van der Waals surface area contributed by atoms with Gasteiger partial charge in [0.05, 0.1) is 12.7 Å². The largest absolute Gasteiger partial charge is 0.367 e. The highest BCUT2D eigenvalue weighted by atomic mass is 79.9. The second-order valence-corrected chi connectivity index (χ2v) is 5.52. The lowest BCUT2D eigenvalue weighted by Gasteiger charge is -2.17. The third-order valence-corrected chi connectivity index (χ3v) is 4.05. The summed E-state index contributed by atoms with van der Waals surface area (Å²) in [5.41, 5.74) is 6.87. The summed E-state index contributed by atoms with van der Waals surface area (Å²) >= 11 is 5.22. The molecule has 17 heavy (non-hydrogen) atoms. The Balaban J connectivity index is 2.04. The van der Waals surface area contributed by atoms with Crippen LogP contribution in [0.25, 0.3) is 0 Å². The normalized spacial score (nSPS) is 12.6. The zero-order valence-electron chi connectivity index (χ0n) is 9.30. The molecule has 0 amide bonds. The van der Waals surface area contributed by atoms with E-state index in [2.05, 4.69) is 27.4 Å². The van der Waals surface area contributed by atoms with Crippen LogP contribution >= 0.6 is 27.3 Å². The Morgan fingerprint density at radius 2 is 2.06 bits per heavy atom. The van der Waals surface area contributed by atoms with E-state index < -0.39 is 0 Å². The van der Waals surface area contributed by atoms with E-state index in [9.17, 15) is 0 Å². The Labute approximate surface area is 114 Å². The van der Waals surface area contributed by atoms with Crippen LogP contribution in [0.15, 0.2) is 46.3 Å². The summed E-state index contributed by atoms with van der Waals surface area (Å²) in [5, 5.41) is 2.05. The van der Waals surface area contributed by atoms with Crippen molar-refractivity contribution < 1.29 is 4.74 Å². The lowest BCUT2D eigenvalue weighted by molar-refractivity contribution is 0.0468. The maximum Gasteiger partial charge on any atom is 0.0962 e. The maximum absolute atomic E-state index is 5.86. The van der Waals surface area contributed by atoms with Gasteiger partial charge in [-0.05, 0) is 23.1 Å². The van der Waals surface area contributed by atoms with Crippen LogP contribution in [-0.2, 0) is 11.3 Å². The Bertz CT molecular complexity index is 458. The topological polar surface area (TPSA) is 35.2 Å². The Kier molecular flexibility index (Phi) is 4.74. The average Bonchev–Trinajstić information content (AvgIpc) is 2.85. The van der Waals surface area contributed by atoms with E-state index in [4.69, 9.17) is 10.5 Å². The van der Waals surface area contributed by atoms with Crippen molar-refractivity contribution in [3.05, 3.63) is 56.7 Å². The molecular weight excluding hydrogens is 298 g/mol. The minimum absolute atomic E-state index is 0.0623. The molecule has 1 heterocycles. The van der Waals surface area contributed by atoms with Gasteiger partial charge in [-0.2, -0.15) is 0 Å². The number of halogens is 1. The van der Waals surface area contributed by atoms with Crippen LogP contribution in [0.1, 0.15) is 16.5 Å². The molecule has 1 unspecified atom stereocenters. The highest BCUT2D eigenvalue weighted by Gasteiger charge is 2.13. The van der Waals surface area contributed by atoms with Crippen LogP contribution in [0.4, 0.5) is 0 Å². The molecule has 0 fully saturated rings. The van der Waals surface area contributed by atoms with E-state index >= 15 is 0 Å². The molecule has 2 N–H and O–H groups in total. The first kappa shape index (κ1) is 12.8. The number of ether oxygens (including phenoxy) is 1. The van der Waals surface area contributed by atoms with Crippen molar-refractivity contribution in [1.82, 2.24) is 0 Å². The van der Waals surface area contributed by atoms with Gasteiger partial charge >= 0.3 is 0 Å². The summed E-state index contributed by atoms with van der Waals surface area (Å²) in [6.45, 7) is 1.09. The molecule has 0 saturated heterocycles. The fraction of sp³-hybridized carbons (Fsp3) is 0.231. The van der Waals surface area contributed by atoms with Crippen molar-refractivity contribution in [3.8, 4) is 0 Å². The number of rotatable bonds is 5. The van der Waals surface area contributed by atoms with Gasteiger partial charge in [-0.1, -0.05) is 40.2 Å². The lowest BCUT2D eigenvalue weighted by atomic mass is 10.1. The van der Waals surface area contributed by atoms with E-state index in [1.54, 1.807) is 11.3 Å². The molecule has 0 saturated carbocycles. The first-order valence-electron chi connectivity index (χ1n) is 5.39. The second kappa shape index (κ2) is 6.31. The summed E-state index contributed by atoms with van der Waals surface area (Å²) < 4.78 is 6.90. The summed E-state index contributed by atoms with van der Waals surface area (Å²) in [4.78, 5) is 1.22. The highest BCUT2D eigenvalue weighted by Crippen LogP contribution is 2.26. The van der Waals surface area contributed by atoms with E-state index in [-0.39, 0.29) is 6.10 Å².